The van der Waals surface area contributed by atoms with Gasteiger partial charge in [-0.25, -0.2) is 8.78 Å². The number of rotatable bonds is 3. The molecule has 0 spiro atoms. The minimum absolute atomic E-state index is 0.0751. The molecule has 2 aromatic carbocycles. The van der Waals surface area contributed by atoms with Gasteiger partial charge in [-0.1, -0.05) is 30.3 Å². The van der Waals surface area contributed by atoms with E-state index in [1.54, 1.807) is 38.1 Å². The Balaban J connectivity index is 2.55. The Kier molecular flexibility index (Phi) is 4.04. The summed E-state index contributed by atoms with van der Waals surface area (Å²) in [7, 11) is 0. The lowest BCUT2D eigenvalue weighted by atomic mass is 9.78. The van der Waals surface area contributed by atoms with Crippen LogP contribution in [0.3, 0.4) is 0 Å². The van der Waals surface area contributed by atoms with E-state index in [9.17, 15) is 13.6 Å². The topological polar surface area (TPSA) is 17.1 Å². The lowest BCUT2D eigenvalue weighted by molar-refractivity contribution is 0.0899. The first-order valence-corrected chi connectivity index (χ1v) is 6.89. The van der Waals surface area contributed by atoms with Crippen LogP contribution in [-0.2, 0) is 5.41 Å². The van der Waals surface area contributed by atoms with Crippen LogP contribution in [0.2, 0.25) is 0 Å². The summed E-state index contributed by atoms with van der Waals surface area (Å²) in [4.78, 5) is 12.6. The Morgan fingerprint density at radius 3 is 2.25 bits per heavy atom. The second-order valence-electron chi connectivity index (χ2n) is 5.04. The predicted molar refractivity (Wildman–Crippen MR) is 77.9 cm³/mol. The molecule has 0 amide bonds. The summed E-state index contributed by atoms with van der Waals surface area (Å²) < 4.78 is 28.0. The molecule has 0 saturated carbocycles. The Morgan fingerprint density at radius 2 is 1.65 bits per heavy atom. The van der Waals surface area contributed by atoms with Crippen molar-refractivity contribution in [3.8, 4) is 0 Å². The normalized spacial score (nSPS) is 11.4. The van der Waals surface area contributed by atoms with Gasteiger partial charge in [0.15, 0.2) is 11.6 Å². The average Bonchev–Trinajstić information content (AvgIpc) is 2.44. The van der Waals surface area contributed by atoms with Crippen molar-refractivity contribution in [2.75, 3.05) is 0 Å². The van der Waals surface area contributed by atoms with Crippen LogP contribution in [0, 0.1) is 11.6 Å². The van der Waals surface area contributed by atoms with Crippen molar-refractivity contribution in [2.24, 2.45) is 0 Å². The molecule has 1 nitrogen and oxygen atoms in total. The highest BCUT2D eigenvalue weighted by Crippen LogP contribution is 2.31. The molecule has 0 atom stereocenters. The third kappa shape index (κ3) is 2.52. The second-order valence-corrected chi connectivity index (χ2v) is 5.89. The van der Waals surface area contributed by atoms with Crippen molar-refractivity contribution < 1.29 is 13.6 Å². The van der Waals surface area contributed by atoms with Crippen LogP contribution in [0.1, 0.15) is 29.8 Å². The maximum Gasteiger partial charge on any atom is 0.178 e. The first kappa shape index (κ1) is 14.9. The molecule has 0 unspecified atom stereocenters. The van der Waals surface area contributed by atoms with Gasteiger partial charge in [-0.3, -0.25) is 4.79 Å². The second kappa shape index (κ2) is 5.44. The van der Waals surface area contributed by atoms with Gasteiger partial charge in [0.2, 0.25) is 0 Å². The number of carbonyl (C=O) groups excluding carboxylic acids is 1. The number of halogens is 3. The van der Waals surface area contributed by atoms with Gasteiger partial charge >= 0.3 is 0 Å². The molecule has 0 saturated heterocycles. The first-order chi connectivity index (χ1) is 9.35. The smallest absolute Gasteiger partial charge is 0.178 e. The highest BCUT2D eigenvalue weighted by molar-refractivity contribution is 9.10. The number of ketones is 1. The van der Waals surface area contributed by atoms with E-state index in [-0.39, 0.29) is 4.47 Å². The van der Waals surface area contributed by atoms with Gasteiger partial charge in [0.05, 0.1) is 15.5 Å². The lowest BCUT2D eigenvalue weighted by Crippen LogP contribution is -2.30. The molecule has 4 heteroatoms. The molecule has 0 bridgehead atoms. The maximum absolute atomic E-state index is 14.1. The van der Waals surface area contributed by atoms with E-state index < -0.39 is 28.4 Å². The largest absolute Gasteiger partial charge is 0.293 e. The molecule has 0 aliphatic heterocycles. The average molecular weight is 339 g/mol. The Morgan fingerprint density at radius 1 is 1.05 bits per heavy atom. The summed E-state index contributed by atoms with van der Waals surface area (Å²) >= 11 is 2.98. The third-order valence-corrected chi connectivity index (χ3v) is 3.95. The van der Waals surface area contributed by atoms with Crippen LogP contribution in [0.5, 0.6) is 0 Å². The highest BCUT2D eigenvalue weighted by atomic mass is 79.9. The van der Waals surface area contributed by atoms with Crippen molar-refractivity contribution in [2.45, 2.75) is 19.3 Å². The van der Waals surface area contributed by atoms with Gasteiger partial charge in [-0.05, 0) is 47.5 Å². The molecule has 0 N–H and O–H groups in total. The van der Waals surface area contributed by atoms with Gasteiger partial charge < -0.3 is 0 Å². The van der Waals surface area contributed by atoms with Crippen LogP contribution in [-0.4, -0.2) is 5.78 Å². The predicted octanol–water partition coefficient (Wildman–Crippen LogP) is 4.89. The van der Waals surface area contributed by atoms with E-state index >= 15 is 0 Å². The van der Waals surface area contributed by atoms with Crippen molar-refractivity contribution >= 4 is 21.7 Å². The van der Waals surface area contributed by atoms with E-state index in [2.05, 4.69) is 15.9 Å². The number of carbonyl (C=O) groups is 1. The summed E-state index contributed by atoms with van der Waals surface area (Å²) in [5, 5.41) is 0. The molecule has 0 fully saturated rings. The molecule has 0 heterocycles. The van der Waals surface area contributed by atoms with Crippen LogP contribution in [0.15, 0.2) is 46.9 Å². The molecule has 2 rings (SSSR count). The van der Waals surface area contributed by atoms with E-state index in [1.165, 1.54) is 6.07 Å². The molecule has 0 radical (unpaired) electrons. The SMILES string of the molecule is CC(C)(C(=O)c1c(F)ccc(Br)c1F)c1ccccc1. The van der Waals surface area contributed by atoms with E-state index in [4.69, 9.17) is 0 Å². The van der Waals surface area contributed by atoms with Crippen molar-refractivity contribution in [3.63, 3.8) is 0 Å². The fraction of sp³-hybridized carbons (Fsp3) is 0.188. The number of hydrogen-bond donors (Lipinski definition) is 0. The zero-order chi connectivity index (χ0) is 14.9. The van der Waals surface area contributed by atoms with Crippen LogP contribution in [0.4, 0.5) is 8.78 Å². The minimum Gasteiger partial charge on any atom is -0.293 e. The van der Waals surface area contributed by atoms with E-state index in [0.717, 1.165) is 6.07 Å². The van der Waals surface area contributed by atoms with Gasteiger partial charge in [-0.15, -0.1) is 0 Å². The molecule has 0 aromatic heterocycles. The fourth-order valence-electron chi connectivity index (χ4n) is 2.03. The maximum atomic E-state index is 14.1. The quantitative estimate of drug-likeness (QED) is 0.575. The van der Waals surface area contributed by atoms with Gasteiger partial charge in [0.25, 0.3) is 0 Å². The summed E-state index contributed by atoms with van der Waals surface area (Å²) in [6.45, 7) is 3.31. The van der Waals surface area contributed by atoms with Crippen LogP contribution in [0.25, 0.3) is 0 Å². The summed E-state index contributed by atoms with van der Waals surface area (Å²) in [5.74, 6) is -2.29. The van der Waals surface area contributed by atoms with Crippen molar-refractivity contribution in [3.05, 3.63) is 69.7 Å². The van der Waals surface area contributed by atoms with E-state index in [1.807, 2.05) is 6.07 Å². The highest BCUT2D eigenvalue weighted by Gasteiger charge is 2.34. The monoisotopic (exact) mass is 338 g/mol. The lowest BCUT2D eigenvalue weighted by Gasteiger charge is -2.24. The molecule has 0 aliphatic rings. The Hall–Kier alpha value is -1.55. The van der Waals surface area contributed by atoms with Crippen molar-refractivity contribution in [1.29, 1.82) is 0 Å². The summed E-state index contributed by atoms with van der Waals surface area (Å²) in [6, 6.07) is 11.3. The molecule has 20 heavy (non-hydrogen) atoms. The summed E-state index contributed by atoms with van der Waals surface area (Å²) in [6.07, 6.45) is 0. The standard InChI is InChI=1S/C16H13BrF2O/c1-16(2,10-6-4-3-5-7-10)15(20)13-12(18)9-8-11(17)14(13)19/h3-9H,1-2H3. The molecular formula is C16H13BrF2O. The minimum atomic E-state index is -1.01. The Labute approximate surface area is 124 Å². The molecule has 0 aliphatic carbocycles. The van der Waals surface area contributed by atoms with Crippen molar-refractivity contribution in [1.82, 2.24) is 0 Å². The third-order valence-electron chi connectivity index (χ3n) is 3.33. The van der Waals surface area contributed by atoms with Crippen LogP contribution >= 0.6 is 15.9 Å². The Bertz CT molecular complexity index is 651. The van der Waals surface area contributed by atoms with Gasteiger partial charge in [0, 0.05) is 0 Å². The van der Waals surface area contributed by atoms with Gasteiger partial charge in [0.1, 0.15) is 5.82 Å². The molecular weight excluding hydrogens is 326 g/mol. The summed E-state index contributed by atoms with van der Waals surface area (Å²) in [5.41, 5.74) is -0.805. The molecule has 104 valence electrons. The first-order valence-electron chi connectivity index (χ1n) is 6.09. The number of Topliss-reactive ketones (excluding diaryl/α,β-unsaturated/α-hetero) is 1. The van der Waals surface area contributed by atoms with E-state index in [0.29, 0.717) is 5.56 Å². The molecule has 2 aromatic rings. The van der Waals surface area contributed by atoms with Crippen LogP contribution < -0.4 is 0 Å². The number of benzene rings is 2. The zero-order valence-electron chi connectivity index (χ0n) is 11.1. The number of hydrogen-bond acceptors (Lipinski definition) is 1. The fourth-order valence-corrected chi connectivity index (χ4v) is 2.36. The zero-order valence-corrected chi connectivity index (χ0v) is 12.7. The van der Waals surface area contributed by atoms with Gasteiger partial charge in [-0.2, -0.15) is 0 Å².